The highest BCUT2D eigenvalue weighted by Crippen LogP contribution is 2.35. The third-order valence-electron chi connectivity index (χ3n) is 4.91. The number of aryl methyl sites for hydroxylation is 2. The van der Waals surface area contributed by atoms with Crippen LogP contribution in [-0.2, 0) is 24.2 Å². The van der Waals surface area contributed by atoms with Crippen LogP contribution in [0, 0.1) is 0 Å². The molecule has 1 aliphatic rings. The van der Waals surface area contributed by atoms with Gasteiger partial charge in [-0.1, -0.05) is 42.1 Å². The Bertz CT molecular complexity index is 1060. The quantitative estimate of drug-likeness (QED) is 0.527. The molecule has 0 saturated heterocycles. The second-order valence-electron chi connectivity index (χ2n) is 6.82. The molecule has 2 aromatic heterocycles. The summed E-state index contributed by atoms with van der Waals surface area (Å²) in [7, 11) is 0. The molecule has 1 atom stereocenters. The molecule has 4 rings (SSSR count). The summed E-state index contributed by atoms with van der Waals surface area (Å²) in [6, 6.07) is 9.85. The number of fused-ring (bicyclic) bond motifs is 3. The van der Waals surface area contributed by atoms with Gasteiger partial charge in [-0.3, -0.25) is 14.2 Å². The summed E-state index contributed by atoms with van der Waals surface area (Å²) in [5, 5.41) is 0.869. The Morgan fingerprint density at radius 2 is 2.04 bits per heavy atom. The van der Waals surface area contributed by atoms with Crippen LogP contribution in [0.5, 0.6) is 0 Å². The van der Waals surface area contributed by atoms with Gasteiger partial charge in [0.05, 0.1) is 17.2 Å². The van der Waals surface area contributed by atoms with E-state index in [2.05, 4.69) is 0 Å². The van der Waals surface area contributed by atoms with Gasteiger partial charge in [0.2, 0.25) is 5.91 Å². The minimum absolute atomic E-state index is 0.0116. The lowest BCUT2D eigenvalue weighted by molar-refractivity contribution is -0.117. The molecule has 0 aliphatic heterocycles. The molecule has 3 aromatic rings. The summed E-state index contributed by atoms with van der Waals surface area (Å²) < 4.78 is 1.70. The molecule has 0 bridgehead atoms. The fourth-order valence-corrected chi connectivity index (χ4v) is 5.59. The molecule has 140 valence electrons. The summed E-state index contributed by atoms with van der Waals surface area (Å²) in [6.45, 7) is 2.18. The van der Waals surface area contributed by atoms with Crippen LogP contribution in [0.3, 0.4) is 0 Å². The number of carbonyl (C=O) groups is 1. The van der Waals surface area contributed by atoms with Crippen LogP contribution >= 0.6 is 23.1 Å². The highest BCUT2D eigenvalue weighted by molar-refractivity contribution is 8.00. The van der Waals surface area contributed by atoms with E-state index >= 15 is 0 Å². The molecule has 1 amide bonds. The number of hydrogen-bond donors (Lipinski definition) is 1. The number of hydrogen-bond acceptors (Lipinski definition) is 5. The van der Waals surface area contributed by atoms with Crippen molar-refractivity contribution < 1.29 is 4.79 Å². The Hall–Kier alpha value is -2.12. The van der Waals surface area contributed by atoms with Crippen LogP contribution in [0.25, 0.3) is 10.2 Å². The number of thioether (sulfide) groups is 1. The summed E-state index contributed by atoms with van der Waals surface area (Å²) in [5.74, 6) is -0.411. The van der Waals surface area contributed by atoms with Crippen molar-refractivity contribution >= 4 is 39.2 Å². The molecule has 27 heavy (non-hydrogen) atoms. The number of thiophene rings is 1. The average molecular weight is 400 g/mol. The molecule has 7 heteroatoms. The standard InChI is InChI=1S/C20H21N3O2S2/c1-12(17(21)24)26-20-22-18-16(14-9-5-6-10-15(14)27-18)19(25)23(20)11-13-7-3-2-4-8-13/h2-4,7-8,12H,5-6,9-11H2,1H3,(H2,21,24)/t12-/m1/s1. The van der Waals surface area contributed by atoms with E-state index in [0.717, 1.165) is 35.0 Å². The zero-order valence-electron chi connectivity index (χ0n) is 15.1. The smallest absolute Gasteiger partial charge is 0.263 e. The van der Waals surface area contributed by atoms with Crippen molar-refractivity contribution in [3.63, 3.8) is 0 Å². The number of benzene rings is 1. The van der Waals surface area contributed by atoms with E-state index in [1.54, 1.807) is 22.8 Å². The first-order valence-electron chi connectivity index (χ1n) is 9.09. The van der Waals surface area contributed by atoms with Gasteiger partial charge < -0.3 is 5.73 Å². The third kappa shape index (κ3) is 3.53. The maximum atomic E-state index is 13.4. The third-order valence-corrected chi connectivity index (χ3v) is 7.20. The highest BCUT2D eigenvalue weighted by atomic mass is 32.2. The van der Waals surface area contributed by atoms with E-state index in [0.29, 0.717) is 11.7 Å². The molecule has 0 unspecified atom stereocenters. The van der Waals surface area contributed by atoms with Crippen molar-refractivity contribution in [2.75, 3.05) is 0 Å². The predicted molar refractivity (Wildman–Crippen MR) is 111 cm³/mol. The first-order valence-corrected chi connectivity index (χ1v) is 10.8. The van der Waals surface area contributed by atoms with Crippen LogP contribution in [0.4, 0.5) is 0 Å². The van der Waals surface area contributed by atoms with Gasteiger partial charge >= 0.3 is 0 Å². The minimum atomic E-state index is -0.453. The van der Waals surface area contributed by atoms with E-state index in [1.807, 2.05) is 30.3 Å². The molecule has 2 heterocycles. The fraction of sp³-hybridized carbons (Fsp3) is 0.350. The van der Waals surface area contributed by atoms with Gasteiger partial charge in [-0.15, -0.1) is 11.3 Å². The fourth-order valence-electron chi connectivity index (χ4n) is 3.43. The van der Waals surface area contributed by atoms with Gasteiger partial charge in [-0.2, -0.15) is 0 Å². The summed E-state index contributed by atoms with van der Waals surface area (Å²) in [5.41, 5.74) is 7.64. The van der Waals surface area contributed by atoms with E-state index in [1.165, 1.54) is 28.6 Å². The van der Waals surface area contributed by atoms with Crippen molar-refractivity contribution in [1.29, 1.82) is 0 Å². The van der Waals surface area contributed by atoms with Crippen molar-refractivity contribution in [1.82, 2.24) is 9.55 Å². The zero-order valence-corrected chi connectivity index (χ0v) is 16.7. The highest BCUT2D eigenvalue weighted by Gasteiger charge is 2.23. The van der Waals surface area contributed by atoms with Gasteiger partial charge in [-0.05, 0) is 43.7 Å². The number of amides is 1. The van der Waals surface area contributed by atoms with Crippen LogP contribution in [-0.4, -0.2) is 20.7 Å². The number of rotatable bonds is 5. The molecule has 1 aliphatic carbocycles. The Morgan fingerprint density at radius 3 is 2.78 bits per heavy atom. The molecular formula is C20H21N3O2S2. The van der Waals surface area contributed by atoms with Gasteiger partial charge in [0, 0.05) is 4.88 Å². The Morgan fingerprint density at radius 1 is 1.30 bits per heavy atom. The van der Waals surface area contributed by atoms with E-state index < -0.39 is 11.2 Å². The van der Waals surface area contributed by atoms with E-state index in [-0.39, 0.29) is 5.56 Å². The van der Waals surface area contributed by atoms with Gasteiger partial charge in [0.25, 0.3) is 5.56 Å². The van der Waals surface area contributed by atoms with E-state index in [9.17, 15) is 9.59 Å². The van der Waals surface area contributed by atoms with Crippen molar-refractivity contribution in [2.24, 2.45) is 5.73 Å². The molecule has 2 N–H and O–H groups in total. The van der Waals surface area contributed by atoms with Crippen LogP contribution in [0.2, 0.25) is 0 Å². The largest absolute Gasteiger partial charge is 0.369 e. The maximum Gasteiger partial charge on any atom is 0.263 e. The second-order valence-corrected chi connectivity index (χ2v) is 9.22. The summed E-state index contributed by atoms with van der Waals surface area (Å²) in [6.07, 6.45) is 4.25. The molecule has 0 spiro atoms. The van der Waals surface area contributed by atoms with Crippen molar-refractivity contribution in [3.8, 4) is 0 Å². The Balaban J connectivity index is 1.89. The first-order chi connectivity index (χ1) is 13.0. The SMILES string of the molecule is C[C@@H](Sc1nc2sc3c(c2c(=O)n1Cc1ccccc1)CCCC3)C(N)=O. The predicted octanol–water partition coefficient (Wildman–Crippen LogP) is 3.35. The molecule has 0 saturated carbocycles. The van der Waals surface area contributed by atoms with Crippen molar-refractivity contribution in [2.45, 2.75) is 49.6 Å². The summed E-state index contributed by atoms with van der Waals surface area (Å²) >= 11 is 2.88. The average Bonchev–Trinajstić information content (AvgIpc) is 3.04. The first kappa shape index (κ1) is 18.3. The Labute approximate surface area is 165 Å². The number of nitrogens with zero attached hydrogens (tertiary/aromatic N) is 2. The number of carbonyl (C=O) groups excluding carboxylic acids is 1. The molecule has 1 aromatic carbocycles. The molecular weight excluding hydrogens is 378 g/mol. The van der Waals surface area contributed by atoms with Crippen molar-refractivity contribution in [3.05, 3.63) is 56.7 Å². The zero-order chi connectivity index (χ0) is 19.0. The summed E-state index contributed by atoms with van der Waals surface area (Å²) in [4.78, 5) is 31.9. The van der Waals surface area contributed by atoms with Crippen LogP contribution in [0.15, 0.2) is 40.3 Å². The van der Waals surface area contributed by atoms with Gasteiger partial charge in [0.15, 0.2) is 5.16 Å². The minimum Gasteiger partial charge on any atom is -0.369 e. The molecule has 0 radical (unpaired) electrons. The lowest BCUT2D eigenvalue weighted by Crippen LogP contribution is -2.27. The monoisotopic (exact) mass is 399 g/mol. The number of primary amides is 1. The topological polar surface area (TPSA) is 78.0 Å². The maximum absolute atomic E-state index is 13.4. The van der Waals surface area contributed by atoms with Gasteiger partial charge in [-0.25, -0.2) is 4.98 Å². The van der Waals surface area contributed by atoms with E-state index in [4.69, 9.17) is 10.7 Å². The normalized spacial score (nSPS) is 14.9. The second kappa shape index (κ2) is 7.48. The molecule has 0 fully saturated rings. The Kier molecular flexibility index (Phi) is 5.06. The number of aromatic nitrogens is 2. The van der Waals surface area contributed by atoms with Gasteiger partial charge in [0.1, 0.15) is 4.83 Å². The van der Waals surface area contributed by atoms with Crippen LogP contribution < -0.4 is 11.3 Å². The lowest BCUT2D eigenvalue weighted by Gasteiger charge is -2.15. The molecule has 5 nitrogen and oxygen atoms in total. The lowest BCUT2D eigenvalue weighted by atomic mass is 9.97. The van der Waals surface area contributed by atoms with Crippen LogP contribution in [0.1, 0.15) is 35.8 Å². The number of nitrogens with two attached hydrogens (primary N) is 1.